The molecule has 0 N–H and O–H groups in total. The van der Waals surface area contributed by atoms with Crippen molar-refractivity contribution in [1.29, 1.82) is 0 Å². The van der Waals surface area contributed by atoms with Gasteiger partial charge < -0.3 is 6.92 Å². The van der Waals surface area contributed by atoms with Crippen LogP contribution in [-0.2, 0) is 52.0 Å². The summed E-state index contributed by atoms with van der Waals surface area (Å²) in [4.78, 5) is 0. The van der Waals surface area contributed by atoms with Gasteiger partial charge in [-0.05, 0) is 5.69 Å². The van der Waals surface area contributed by atoms with Crippen molar-refractivity contribution in [2.75, 3.05) is 0 Å². The summed E-state index contributed by atoms with van der Waals surface area (Å²) in [6.07, 6.45) is 8.54. The van der Waals surface area contributed by atoms with Crippen molar-refractivity contribution in [3.05, 3.63) is 29.9 Å². The smallest absolute Gasteiger partial charge is 0.339 e. The third-order valence-electron chi connectivity index (χ3n) is 2.41. The van der Waals surface area contributed by atoms with Gasteiger partial charge in [-0.3, -0.25) is 5.10 Å². The molecule has 1 radical (unpaired) electrons. The Morgan fingerprint density at radius 2 is 2.00 bits per heavy atom. The minimum Gasteiger partial charge on any atom is -0.339 e. The number of hydrogen-bond acceptors (Lipinski definition) is 2. The van der Waals surface area contributed by atoms with Crippen molar-refractivity contribution >= 4 is 0 Å². The molecule has 0 spiro atoms. The van der Waals surface area contributed by atoms with Crippen LogP contribution in [0.4, 0.5) is 0 Å². The van der Waals surface area contributed by atoms with E-state index >= 15 is 0 Å². The molecule has 1 aromatic rings. The second-order valence-corrected chi connectivity index (χ2v) is 3.17. The van der Waals surface area contributed by atoms with E-state index in [-0.39, 0.29) is 84.1 Å². The first-order chi connectivity index (χ1) is 5.92. The van der Waals surface area contributed by atoms with Crippen LogP contribution in [0.5, 0.6) is 0 Å². The summed E-state index contributed by atoms with van der Waals surface area (Å²) < 4.78 is 0. The number of fused-ring (bicyclic) bond motifs is 1. The monoisotopic (exact) mass is 288 g/mol. The molecule has 14 heavy (non-hydrogen) atoms. The zero-order valence-corrected chi connectivity index (χ0v) is 14.7. The Labute approximate surface area is 153 Å². The topological polar surface area (TPSA) is 25.8 Å². The van der Waals surface area contributed by atoms with Gasteiger partial charge in [0.25, 0.3) is 0 Å². The molecule has 2 nitrogen and oxygen atoms in total. The van der Waals surface area contributed by atoms with Gasteiger partial charge in [0.2, 0.25) is 0 Å². The fourth-order valence-corrected chi connectivity index (χ4v) is 1.75. The molecule has 0 bridgehead atoms. The molecule has 0 amide bonds. The van der Waals surface area contributed by atoms with Crippen molar-refractivity contribution in [1.82, 2.24) is 10.2 Å². The molecule has 0 unspecified atom stereocenters. The van der Waals surface area contributed by atoms with Crippen molar-refractivity contribution in [3.63, 3.8) is 0 Å². The van der Waals surface area contributed by atoms with Gasteiger partial charge >= 0.3 is 51.4 Å². The standard InChI is InChI=1S/C10H12N2.K.Y/c1-2-10-9-6-4-3-5-8(9)7-11-12-10;;/h1-6H2;;/q-2;+1;. The average Bonchev–Trinajstić information content (AvgIpc) is 2.17. The van der Waals surface area contributed by atoms with Gasteiger partial charge in [-0.25, -0.2) is 0 Å². The molecule has 1 aliphatic rings. The third-order valence-corrected chi connectivity index (χ3v) is 2.41. The number of hydrogen-bond donors (Lipinski definition) is 0. The Balaban J connectivity index is 0.000000845. The summed E-state index contributed by atoms with van der Waals surface area (Å²) in [7, 11) is 0. The fraction of sp³-hybridized carbons (Fsp3) is 0.500. The molecule has 0 saturated carbocycles. The zero-order chi connectivity index (χ0) is 8.39. The predicted molar refractivity (Wildman–Crippen MR) is 46.6 cm³/mol. The van der Waals surface area contributed by atoms with Crippen LogP contribution in [0.1, 0.15) is 29.7 Å². The number of rotatable bonds is 1. The second kappa shape index (κ2) is 7.99. The summed E-state index contributed by atoms with van der Waals surface area (Å²) in [6, 6.07) is 0. The van der Waals surface area contributed by atoms with Gasteiger partial charge in [0.1, 0.15) is 0 Å². The van der Waals surface area contributed by atoms with Crippen LogP contribution >= 0.6 is 0 Å². The Hall–Kier alpha value is 1.82. The van der Waals surface area contributed by atoms with E-state index < -0.39 is 0 Å². The normalized spacial score (nSPS) is 13.5. The maximum Gasteiger partial charge on any atom is 1.00 e. The molecule has 0 saturated heterocycles. The molecule has 67 valence electrons. The van der Waals surface area contributed by atoms with Crippen LogP contribution in [0.15, 0.2) is 0 Å². The first kappa shape index (κ1) is 15.8. The molecule has 1 aromatic heterocycles. The Morgan fingerprint density at radius 1 is 1.29 bits per heavy atom. The van der Waals surface area contributed by atoms with Crippen LogP contribution in [-0.4, -0.2) is 10.2 Å². The molecule has 2 rings (SSSR count). The van der Waals surface area contributed by atoms with E-state index in [4.69, 9.17) is 0 Å². The van der Waals surface area contributed by atoms with Crippen molar-refractivity contribution in [2.24, 2.45) is 0 Å². The minimum absolute atomic E-state index is 0. The zero-order valence-electron chi connectivity index (χ0n) is 8.71. The maximum absolute atomic E-state index is 4.04. The molecule has 0 atom stereocenters. The number of aromatic nitrogens is 2. The Kier molecular flexibility index (Phi) is 9.03. The predicted octanol–water partition coefficient (Wildman–Crippen LogP) is -1.47. The van der Waals surface area contributed by atoms with E-state index in [9.17, 15) is 0 Å². The van der Waals surface area contributed by atoms with E-state index in [1.165, 1.54) is 24.0 Å². The molecule has 0 aromatic carbocycles. The fourth-order valence-electron chi connectivity index (χ4n) is 1.75. The van der Waals surface area contributed by atoms with E-state index in [0.29, 0.717) is 0 Å². The molecule has 1 aliphatic carbocycles. The average molecular weight is 288 g/mol. The van der Waals surface area contributed by atoms with Gasteiger partial charge in [0, 0.05) is 32.7 Å². The van der Waals surface area contributed by atoms with E-state index in [1.807, 2.05) is 0 Å². The summed E-state index contributed by atoms with van der Waals surface area (Å²) in [5.74, 6) is 0. The van der Waals surface area contributed by atoms with E-state index in [2.05, 4.69) is 23.3 Å². The largest absolute Gasteiger partial charge is 1.00 e. The Bertz CT molecular complexity index is 277. The van der Waals surface area contributed by atoms with Crippen LogP contribution in [0.25, 0.3) is 0 Å². The third kappa shape index (κ3) is 3.69. The first-order valence-electron chi connectivity index (χ1n) is 4.46. The summed E-state index contributed by atoms with van der Waals surface area (Å²) >= 11 is 0. The molecule has 4 heteroatoms. The van der Waals surface area contributed by atoms with E-state index in [1.54, 1.807) is 0 Å². The van der Waals surface area contributed by atoms with Crippen LogP contribution in [0.3, 0.4) is 0 Å². The van der Waals surface area contributed by atoms with Crippen LogP contribution in [0, 0.1) is 13.1 Å². The van der Waals surface area contributed by atoms with Gasteiger partial charge in [0.15, 0.2) is 0 Å². The molecular weight excluding hydrogens is 276 g/mol. The molecular formula is C10H12KN2Y-. The van der Waals surface area contributed by atoms with Crippen LogP contribution < -0.4 is 51.4 Å². The molecule has 0 aliphatic heterocycles. The van der Waals surface area contributed by atoms with Gasteiger partial charge in [-0.2, -0.15) is 22.6 Å². The number of aryl methyl sites for hydroxylation is 1. The summed E-state index contributed by atoms with van der Waals surface area (Å²) in [5, 5.41) is 7.90. The van der Waals surface area contributed by atoms with Gasteiger partial charge in [0.05, 0.1) is 0 Å². The van der Waals surface area contributed by atoms with Crippen molar-refractivity contribution in [3.8, 4) is 0 Å². The van der Waals surface area contributed by atoms with Crippen molar-refractivity contribution in [2.45, 2.75) is 32.1 Å². The first-order valence-corrected chi connectivity index (χ1v) is 4.46. The van der Waals surface area contributed by atoms with Gasteiger partial charge in [-0.1, -0.05) is 25.7 Å². The Morgan fingerprint density at radius 3 is 2.71 bits per heavy atom. The van der Waals surface area contributed by atoms with Gasteiger partial charge in [-0.15, -0.1) is 6.20 Å². The number of nitrogens with zero attached hydrogens (tertiary/aromatic N) is 2. The van der Waals surface area contributed by atoms with E-state index in [0.717, 1.165) is 25.0 Å². The van der Waals surface area contributed by atoms with Crippen LogP contribution in [0.2, 0.25) is 0 Å². The summed E-state index contributed by atoms with van der Waals surface area (Å²) in [6.45, 7) is 3.85. The maximum atomic E-state index is 4.04. The minimum atomic E-state index is 0. The molecule has 1 heterocycles. The SMILES string of the molecule is [CH2-]Cc1nn[c-]c2c1CCCC2.[K+].[Y]. The quantitative estimate of drug-likeness (QED) is 0.466. The summed E-state index contributed by atoms with van der Waals surface area (Å²) in [5.41, 5.74) is 3.71. The molecule has 0 fully saturated rings. The second-order valence-electron chi connectivity index (χ2n) is 3.17. The van der Waals surface area contributed by atoms with Crippen molar-refractivity contribution < 1.29 is 84.1 Å².